The van der Waals surface area contributed by atoms with Crippen LogP contribution in [-0.2, 0) is 0 Å². The lowest BCUT2D eigenvalue weighted by atomic mass is 10.1. The fraction of sp³-hybridized carbons (Fsp3) is 0.500. The van der Waals surface area contributed by atoms with Gasteiger partial charge < -0.3 is 5.32 Å². The van der Waals surface area contributed by atoms with Crippen LogP contribution in [0.1, 0.15) is 36.2 Å². The summed E-state index contributed by atoms with van der Waals surface area (Å²) in [6, 6.07) is 2.71. The van der Waals surface area contributed by atoms with Gasteiger partial charge in [0.15, 0.2) is 0 Å². The van der Waals surface area contributed by atoms with E-state index in [2.05, 4.69) is 47.7 Å². The summed E-state index contributed by atoms with van der Waals surface area (Å²) in [5, 5.41) is 3.36. The Morgan fingerprint density at radius 1 is 1.67 bits per heavy atom. The molecule has 1 rings (SSSR count). The molecule has 1 N–H and O–H groups in total. The van der Waals surface area contributed by atoms with Crippen molar-refractivity contribution in [3.8, 4) is 0 Å². The zero-order chi connectivity index (χ0) is 11.4. The molecule has 0 aliphatic carbocycles. The standard InChI is InChI=1S/C12H18BrNS/c1-8(2)5-6-10(14-4)11-7-9(3)12(13)15-11/h7,10,14H,1,5-6H2,2-4H3. The molecule has 1 nitrogen and oxygen atoms in total. The van der Waals surface area contributed by atoms with Crippen LogP contribution in [0.15, 0.2) is 22.0 Å². The lowest BCUT2D eigenvalue weighted by Gasteiger charge is -2.14. The zero-order valence-electron chi connectivity index (χ0n) is 9.56. The van der Waals surface area contributed by atoms with Crippen LogP contribution in [0.2, 0.25) is 0 Å². The molecular weight excluding hydrogens is 270 g/mol. The molecule has 0 fully saturated rings. The molecule has 1 unspecified atom stereocenters. The minimum absolute atomic E-state index is 0.455. The number of halogens is 1. The third-order valence-corrected chi connectivity index (χ3v) is 4.68. The van der Waals surface area contributed by atoms with Crippen molar-refractivity contribution in [3.05, 3.63) is 32.4 Å². The first-order valence-corrected chi connectivity index (χ1v) is 6.73. The summed E-state index contributed by atoms with van der Waals surface area (Å²) >= 11 is 5.39. The van der Waals surface area contributed by atoms with Crippen molar-refractivity contribution in [3.63, 3.8) is 0 Å². The van der Waals surface area contributed by atoms with Gasteiger partial charge >= 0.3 is 0 Å². The van der Waals surface area contributed by atoms with Gasteiger partial charge in [-0.3, -0.25) is 0 Å². The Bertz CT molecular complexity index is 324. The van der Waals surface area contributed by atoms with E-state index in [-0.39, 0.29) is 0 Å². The minimum atomic E-state index is 0.455. The van der Waals surface area contributed by atoms with Gasteiger partial charge in [-0.05, 0) is 61.3 Å². The van der Waals surface area contributed by atoms with Gasteiger partial charge in [0, 0.05) is 10.9 Å². The van der Waals surface area contributed by atoms with Gasteiger partial charge in [0.1, 0.15) is 0 Å². The van der Waals surface area contributed by atoms with Crippen LogP contribution in [0.25, 0.3) is 0 Å². The highest BCUT2D eigenvalue weighted by Gasteiger charge is 2.13. The minimum Gasteiger partial charge on any atom is -0.312 e. The summed E-state index contributed by atoms with van der Waals surface area (Å²) in [4.78, 5) is 1.41. The van der Waals surface area contributed by atoms with Gasteiger partial charge in [0.05, 0.1) is 3.79 Å². The van der Waals surface area contributed by atoms with Gasteiger partial charge in [-0.1, -0.05) is 5.57 Å². The second kappa shape index (κ2) is 5.83. The molecule has 1 atom stereocenters. The van der Waals surface area contributed by atoms with E-state index >= 15 is 0 Å². The molecule has 1 heterocycles. The SMILES string of the molecule is C=C(C)CCC(NC)c1cc(C)c(Br)s1. The topological polar surface area (TPSA) is 12.0 Å². The average Bonchev–Trinajstić information content (AvgIpc) is 2.47. The molecule has 0 aromatic carbocycles. The number of rotatable bonds is 5. The molecule has 84 valence electrons. The smallest absolute Gasteiger partial charge is 0.0731 e. The Hall–Kier alpha value is -0.120. The van der Waals surface area contributed by atoms with Crippen molar-refractivity contribution < 1.29 is 0 Å². The summed E-state index contributed by atoms with van der Waals surface area (Å²) < 4.78 is 1.24. The fourth-order valence-corrected chi connectivity index (χ4v) is 3.19. The summed E-state index contributed by atoms with van der Waals surface area (Å²) in [5.41, 5.74) is 2.58. The highest BCUT2D eigenvalue weighted by molar-refractivity contribution is 9.11. The third-order valence-electron chi connectivity index (χ3n) is 2.43. The number of aryl methyl sites for hydroxylation is 1. The van der Waals surface area contributed by atoms with Crippen molar-refractivity contribution in [2.75, 3.05) is 7.05 Å². The normalized spacial score (nSPS) is 12.8. The third kappa shape index (κ3) is 3.74. The maximum absolute atomic E-state index is 3.94. The van der Waals surface area contributed by atoms with E-state index in [0.717, 1.165) is 12.8 Å². The van der Waals surface area contributed by atoms with Crippen molar-refractivity contribution in [1.82, 2.24) is 5.32 Å². The van der Waals surface area contributed by atoms with Crippen molar-refractivity contribution in [1.29, 1.82) is 0 Å². The number of allylic oxidation sites excluding steroid dienone is 1. The summed E-state index contributed by atoms with van der Waals surface area (Å²) in [7, 11) is 2.02. The Morgan fingerprint density at radius 2 is 2.33 bits per heavy atom. The Labute approximate surface area is 105 Å². The van der Waals surface area contributed by atoms with Crippen LogP contribution in [0.5, 0.6) is 0 Å². The molecule has 0 saturated heterocycles. The van der Waals surface area contributed by atoms with Crippen LogP contribution in [0, 0.1) is 6.92 Å². The summed E-state index contributed by atoms with van der Waals surface area (Å²) in [6.07, 6.45) is 2.21. The van der Waals surface area contributed by atoms with Gasteiger partial charge in [-0.15, -0.1) is 17.9 Å². The molecule has 0 radical (unpaired) electrons. The van der Waals surface area contributed by atoms with E-state index in [1.807, 2.05) is 18.4 Å². The predicted octanol–water partition coefficient (Wildman–Crippen LogP) is 4.44. The number of hydrogen-bond acceptors (Lipinski definition) is 2. The monoisotopic (exact) mass is 287 g/mol. The second-order valence-corrected chi connectivity index (χ2v) is 6.34. The fourth-order valence-electron chi connectivity index (χ4n) is 1.47. The van der Waals surface area contributed by atoms with Crippen LogP contribution in [0.4, 0.5) is 0 Å². The van der Waals surface area contributed by atoms with Crippen molar-refractivity contribution >= 4 is 27.3 Å². The maximum atomic E-state index is 3.94. The van der Waals surface area contributed by atoms with E-state index in [9.17, 15) is 0 Å². The first-order valence-electron chi connectivity index (χ1n) is 5.12. The number of nitrogens with one attached hydrogen (secondary N) is 1. The first-order chi connectivity index (χ1) is 7.04. The van der Waals surface area contributed by atoms with Crippen LogP contribution in [-0.4, -0.2) is 7.05 Å². The second-order valence-electron chi connectivity index (χ2n) is 3.94. The van der Waals surface area contributed by atoms with Gasteiger partial charge in [0.25, 0.3) is 0 Å². The molecule has 0 spiro atoms. The van der Waals surface area contributed by atoms with Gasteiger partial charge in [0.2, 0.25) is 0 Å². The van der Waals surface area contributed by atoms with Crippen LogP contribution >= 0.6 is 27.3 Å². The molecule has 0 amide bonds. The van der Waals surface area contributed by atoms with Crippen molar-refractivity contribution in [2.24, 2.45) is 0 Å². The highest BCUT2D eigenvalue weighted by Crippen LogP contribution is 2.33. The molecule has 0 saturated carbocycles. The molecule has 0 aliphatic rings. The van der Waals surface area contributed by atoms with Gasteiger partial charge in [-0.25, -0.2) is 0 Å². The van der Waals surface area contributed by atoms with E-state index in [0.29, 0.717) is 6.04 Å². The first kappa shape index (κ1) is 12.9. The van der Waals surface area contributed by atoms with E-state index < -0.39 is 0 Å². The predicted molar refractivity (Wildman–Crippen MR) is 72.6 cm³/mol. The molecule has 0 bridgehead atoms. The average molecular weight is 288 g/mol. The van der Waals surface area contributed by atoms with Crippen LogP contribution < -0.4 is 5.32 Å². The molecule has 1 aromatic rings. The zero-order valence-corrected chi connectivity index (χ0v) is 12.0. The Balaban J connectivity index is 2.69. The highest BCUT2D eigenvalue weighted by atomic mass is 79.9. The number of hydrogen-bond donors (Lipinski definition) is 1. The van der Waals surface area contributed by atoms with E-state index in [1.165, 1.54) is 19.8 Å². The molecule has 15 heavy (non-hydrogen) atoms. The Kier molecular flexibility index (Phi) is 5.03. The lowest BCUT2D eigenvalue weighted by Crippen LogP contribution is -2.15. The Morgan fingerprint density at radius 3 is 2.73 bits per heavy atom. The van der Waals surface area contributed by atoms with Crippen molar-refractivity contribution in [2.45, 2.75) is 32.7 Å². The summed E-state index contributed by atoms with van der Waals surface area (Å²) in [5.74, 6) is 0. The van der Waals surface area contributed by atoms with Gasteiger partial charge in [-0.2, -0.15) is 0 Å². The van der Waals surface area contributed by atoms with E-state index in [1.54, 1.807) is 0 Å². The van der Waals surface area contributed by atoms with Crippen LogP contribution in [0.3, 0.4) is 0 Å². The quantitative estimate of drug-likeness (QED) is 0.790. The number of thiophene rings is 1. The summed E-state index contributed by atoms with van der Waals surface area (Å²) in [6.45, 7) is 8.16. The molecular formula is C12H18BrNS. The lowest BCUT2D eigenvalue weighted by molar-refractivity contribution is 0.557. The molecule has 1 aromatic heterocycles. The maximum Gasteiger partial charge on any atom is 0.0731 e. The molecule has 0 aliphatic heterocycles. The largest absolute Gasteiger partial charge is 0.312 e. The van der Waals surface area contributed by atoms with E-state index in [4.69, 9.17) is 0 Å². The molecule has 3 heteroatoms.